The molecular weight excluding hydrogens is 112 g/mol. The van der Waals surface area contributed by atoms with Gasteiger partial charge in [-0.15, -0.1) is 0 Å². The van der Waals surface area contributed by atoms with Crippen LogP contribution in [0.25, 0.3) is 0 Å². The van der Waals surface area contributed by atoms with Crippen molar-refractivity contribution in [3.63, 3.8) is 0 Å². The van der Waals surface area contributed by atoms with Crippen LogP contribution < -0.4 is 5.73 Å². The SMILES string of the molecule is C=C/C(N)=C(\C=C)C=N. The zero-order valence-electron chi connectivity index (χ0n) is 5.22. The van der Waals surface area contributed by atoms with Gasteiger partial charge in [0.05, 0.1) is 0 Å². The Bertz CT molecular complexity index is 156. The summed E-state index contributed by atoms with van der Waals surface area (Å²) >= 11 is 0. The first kappa shape index (κ1) is 7.69. The van der Waals surface area contributed by atoms with Gasteiger partial charge in [-0.3, -0.25) is 0 Å². The first-order valence-corrected chi connectivity index (χ1v) is 2.51. The summed E-state index contributed by atoms with van der Waals surface area (Å²) < 4.78 is 0. The summed E-state index contributed by atoms with van der Waals surface area (Å²) in [5, 5.41) is 6.81. The van der Waals surface area contributed by atoms with E-state index in [4.69, 9.17) is 11.1 Å². The normalized spacial score (nSPS) is 11.6. The summed E-state index contributed by atoms with van der Waals surface area (Å²) in [6.07, 6.45) is 4.15. The van der Waals surface area contributed by atoms with E-state index in [2.05, 4.69) is 13.2 Å². The van der Waals surface area contributed by atoms with Crippen molar-refractivity contribution in [2.75, 3.05) is 0 Å². The minimum atomic E-state index is 0.486. The van der Waals surface area contributed by atoms with Crippen molar-refractivity contribution >= 4 is 6.21 Å². The molecule has 0 aromatic heterocycles. The number of nitrogens with two attached hydrogens (primary N) is 1. The Labute approximate surface area is 54.9 Å². The fourth-order valence-corrected chi connectivity index (χ4v) is 0.378. The Morgan fingerprint density at radius 2 is 1.89 bits per heavy atom. The third kappa shape index (κ3) is 1.95. The molecule has 0 aromatic rings. The van der Waals surface area contributed by atoms with Crippen molar-refractivity contribution in [2.45, 2.75) is 0 Å². The number of rotatable bonds is 3. The second-order valence-electron chi connectivity index (χ2n) is 1.46. The maximum Gasteiger partial charge on any atom is 0.0396 e. The molecule has 0 aromatic carbocycles. The van der Waals surface area contributed by atoms with Crippen molar-refractivity contribution in [3.05, 3.63) is 36.6 Å². The topological polar surface area (TPSA) is 49.9 Å². The summed E-state index contributed by atoms with van der Waals surface area (Å²) in [4.78, 5) is 0. The smallest absolute Gasteiger partial charge is 0.0396 e. The van der Waals surface area contributed by atoms with Crippen molar-refractivity contribution in [3.8, 4) is 0 Å². The van der Waals surface area contributed by atoms with Crippen molar-refractivity contribution in [1.82, 2.24) is 0 Å². The molecule has 0 unspecified atom stereocenters. The molecule has 0 atom stereocenters. The zero-order chi connectivity index (χ0) is 7.28. The Balaban J connectivity index is 4.56. The quantitative estimate of drug-likeness (QED) is 0.429. The fourth-order valence-electron chi connectivity index (χ4n) is 0.378. The third-order valence-corrected chi connectivity index (χ3v) is 0.929. The number of nitrogens with one attached hydrogen (secondary N) is 1. The lowest BCUT2D eigenvalue weighted by molar-refractivity contribution is 1.39. The highest BCUT2D eigenvalue weighted by Crippen LogP contribution is 1.95. The highest BCUT2D eigenvalue weighted by Gasteiger charge is 1.87. The van der Waals surface area contributed by atoms with Gasteiger partial charge >= 0.3 is 0 Å². The summed E-state index contributed by atoms with van der Waals surface area (Å²) in [6, 6.07) is 0. The minimum absolute atomic E-state index is 0.486. The molecule has 0 saturated carbocycles. The Hall–Kier alpha value is -1.31. The zero-order valence-corrected chi connectivity index (χ0v) is 5.22. The lowest BCUT2D eigenvalue weighted by Crippen LogP contribution is -1.97. The molecule has 0 heterocycles. The molecule has 48 valence electrons. The minimum Gasteiger partial charge on any atom is -0.398 e. The average Bonchev–Trinajstić information content (AvgIpc) is 1.90. The van der Waals surface area contributed by atoms with E-state index in [1.807, 2.05) is 0 Å². The first-order chi connectivity index (χ1) is 4.26. The van der Waals surface area contributed by atoms with Crippen LogP contribution in [0.2, 0.25) is 0 Å². The van der Waals surface area contributed by atoms with Gasteiger partial charge in [0, 0.05) is 17.5 Å². The van der Waals surface area contributed by atoms with Gasteiger partial charge in [-0.25, -0.2) is 0 Å². The number of allylic oxidation sites excluding steroid dienone is 3. The highest BCUT2D eigenvalue weighted by molar-refractivity contribution is 5.81. The van der Waals surface area contributed by atoms with Gasteiger partial charge in [0.15, 0.2) is 0 Å². The van der Waals surface area contributed by atoms with E-state index in [9.17, 15) is 0 Å². The fraction of sp³-hybridized carbons (Fsp3) is 0. The van der Waals surface area contributed by atoms with Crippen LogP contribution in [0.4, 0.5) is 0 Å². The predicted molar refractivity (Wildman–Crippen MR) is 40.4 cm³/mol. The lowest BCUT2D eigenvalue weighted by Gasteiger charge is -1.93. The Morgan fingerprint density at radius 3 is 2.00 bits per heavy atom. The van der Waals surface area contributed by atoms with Gasteiger partial charge in [-0.2, -0.15) is 0 Å². The van der Waals surface area contributed by atoms with E-state index in [1.165, 1.54) is 12.2 Å². The molecule has 2 nitrogen and oxygen atoms in total. The standard InChI is InChI=1S/C7H10N2/c1-3-6(5-8)7(9)4-2/h3-5,8H,1-2,9H2/b7-6-,8-5?. The second kappa shape index (κ2) is 3.66. The van der Waals surface area contributed by atoms with Crippen LogP contribution in [-0.2, 0) is 0 Å². The van der Waals surface area contributed by atoms with E-state index in [-0.39, 0.29) is 0 Å². The van der Waals surface area contributed by atoms with Gasteiger partial charge in [-0.05, 0) is 6.08 Å². The second-order valence-corrected chi connectivity index (χ2v) is 1.46. The summed E-state index contributed by atoms with van der Waals surface area (Å²) in [6.45, 7) is 6.91. The molecule has 0 bridgehead atoms. The van der Waals surface area contributed by atoms with Crippen LogP contribution in [0, 0.1) is 5.41 Å². The molecule has 0 aliphatic rings. The molecular formula is C7H10N2. The molecule has 2 heteroatoms. The largest absolute Gasteiger partial charge is 0.398 e. The van der Waals surface area contributed by atoms with Gasteiger partial charge in [0.25, 0.3) is 0 Å². The maximum atomic E-state index is 6.81. The molecule has 0 spiro atoms. The average molecular weight is 122 g/mol. The van der Waals surface area contributed by atoms with Gasteiger partial charge in [0.2, 0.25) is 0 Å². The van der Waals surface area contributed by atoms with Crippen LogP contribution in [0.3, 0.4) is 0 Å². The van der Waals surface area contributed by atoms with Crippen molar-refractivity contribution in [1.29, 1.82) is 5.41 Å². The number of hydrogen-bond acceptors (Lipinski definition) is 2. The molecule has 9 heavy (non-hydrogen) atoms. The monoisotopic (exact) mass is 122 g/mol. The van der Waals surface area contributed by atoms with E-state index in [0.717, 1.165) is 6.21 Å². The van der Waals surface area contributed by atoms with Crippen LogP contribution in [-0.4, -0.2) is 6.21 Å². The van der Waals surface area contributed by atoms with Crippen LogP contribution in [0.5, 0.6) is 0 Å². The summed E-state index contributed by atoms with van der Waals surface area (Å²) in [5.41, 5.74) is 6.47. The van der Waals surface area contributed by atoms with Crippen LogP contribution in [0.1, 0.15) is 0 Å². The highest BCUT2D eigenvalue weighted by atomic mass is 14.6. The first-order valence-electron chi connectivity index (χ1n) is 2.51. The van der Waals surface area contributed by atoms with Crippen LogP contribution >= 0.6 is 0 Å². The molecule has 0 saturated heterocycles. The van der Waals surface area contributed by atoms with Gasteiger partial charge < -0.3 is 11.1 Å². The maximum absolute atomic E-state index is 6.81. The van der Waals surface area contributed by atoms with Gasteiger partial charge in [0.1, 0.15) is 0 Å². The Kier molecular flexibility index (Phi) is 3.13. The van der Waals surface area contributed by atoms with E-state index >= 15 is 0 Å². The molecule has 0 rings (SSSR count). The third-order valence-electron chi connectivity index (χ3n) is 0.929. The number of hydrogen-bond donors (Lipinski definition) is 2. The molecule has 0 amide bonds. The predicted octanol–water partition coefficient (Wildman–Crippen LogP) is 1.22. The lowest BCUT2D eigenvalue weighted by atomic mass is 10.2. The van der Waals surface area contributed by atoms with E-state index in [1.54, 1.807) is 0 Å². The Morgan fingerprint density at radius 1 is 1.33 bits per heavy atom. The molecule has 0 fully saturated rings. The molecule has 0 radical (unpaired) electrons. The van der Waals surface area contributed by atoms with Crippen molar-refractivity contribution in [2.24, 2.45) is 5.73 Å². The molecule has 3 N–H and O–H groups in total. The van der Waals surface area contributed by atoms with E-state index in [0.29, 0.717) is 11.3 Å². The van der Waals surface area contributed by atoms with Crippen molar-refractivity contribution < 1.29 is 0 Å². The van der Waals surface area contributed by atoms with Gasteiger partial charge in [-0.1, -0.05) is 19.2 Å². The van der Waals surface area contributed by atoms with E-state index < -0.39 is 0 Å². The summed E-state index contributed by atoms with van der Waals surface area (Å²) in [5.74, 6) is 0. The summed E-state index contributed by atoms with van der Waals surface area (Å²) in [7, 11) is 0. The van der Waals surface area contributed by atoms with Crippen LogP contribution in [0.15, 0.2) is 36.6 Å². The molecule has 0 aliphatic heterocycles. The molecule has 0 aliphatic carbocycles.